The van der Waals surface area contributed by atoms with Crippen LogP contribution in [0.25, 0.3) is 16.9 Å². The fourth-order valence-corrected chi connectivity index (χ4v) is 2.81. The Morgan fingerprint density at radius 2 is 1.79 bits per heavy atom. The maximum absolute atomic E-state index is 13.2. The predicted molar refractivity (Wildman–Crippen MR) is 99.8 cm³/mol. The average molecular weight is 435 g/mol. The molecule has 0 aliphatic heterocycles. The first-order valence-electron chi connectivity index (χ1n) is 7.50. The van der Waals surface area contributed by atoms with E-state index >= 15 is 0 Å². The molecule has 24 heavy (non-hydrogen) atoms. The molecule has 0 saturated carbocycles. The Morgan fingerprint density at radius 1 is 1.12 bits per heavy atom. The number of halogens is 2. The molecular weight excluding hydrogens is 420 g/mol. The van der Waals surface area contributed by atoms with E-state index in [2.05, 4.69) is 22.6 Å². The van der Waals surface area contributed by atoms with Crippen LogP contribution in [0.4, 0.5) is 4.39 Å². The van der Waals surface area contributed by atoms with Crippen molar-refractivity contribution in [2.24, 2.45) is 0 Å². The second-order valence-electron chi connectivity index (χ2n) is 5.19. The molecule has 3 aromatic rings. The smallest absolute Gasteiger partial charge is 0.339 e. The topological polar surface area (TPSA) is 31.2 Å². The van der Waals surface area contributed by atoms with Gasteiger partial charge in [0.15, 0.2) is 0 Å². The summed E-state index contributed by atoms with van der Waals surface area (Å²) < 4.78 is 21.4. The minimum Gasteiger partial charge on any atom is -0.462 e. The molecular formula is C19H15FINO2. The summed E-state index contributed by atoms with van der Waals surface area (Å²) >= 11 is 2.24. The summed E-state index contributed by atoms with van der Waals surface area (Å²) in [6.45, 7) is 2.09. The Kier molecular flexibility index (Phi) is 4.99. The van der Waals surface area contributed by atoms with Gasteiger partial charge in [0.1, 0.15) is 5.82 Å². The van der Waals surface area contributed by atoms with Gasteiger partial charge in [0.05, 0.1) is 17.9 Å². The van der Waals surface area contributed by atoms with Crippen LogP contribution >= 0.6 is 22.6 Å². The highest BCUT2D eigenvalue weighted by Crippen LogP contribution is 2.27. The van der Waals surface area contributed by atoms with Gasteiger partial charge < -0.3 is 9.30 Å². The fourth-order valence-electron chi connectivity index (χ4n) is 2.45. The van der Waals surface area contributed by atoms with Crippen molar-refractivity contribution in [2.45, 2.75) is 6.92 Å². The zero-order valence-corrected chi connectivity index (χ0v) is 15.2. The van der Waals surface area contributed by atoms with Crippen molar-refractivity contribution in [3.63, 3.8) is 0 Å². The van der Waals surface area contributed by atoms with E-state index in [1.54, 1.807) is 31.3 Å². The third-order valence-corrected chi connectivity index (χ3v) is 4.30. The Balaban J connectivity index is 2.12. The van der Waals surface area contributed by atoms with E-state index in [1.165, 1.54) is 12.1 Å². The molecule has 0 N–H and O–H groups in total. The van der Waals surface area contributed by atoms with Crippen molar-refractivity contribution in [1.29, 1.82) is 0 Å². The van der Waals surface area contributed by atoms with Crippen LogP contribution in [0, 0.1) is 9.39 Å². The van der Waals surface area contributed by atoms with Crippen LogP contribution in [0.5, 0.6) is 0 Å². The SMILES string of the molecule is CCOC(=O)c1cc(-c2ccc(F)cc2)n(-c2ccc(I)cc2)c1. The number of carbonyl (C=O) groups is 1. The third-order valence-electron chi connectivity index (χ3n) is 3.58. The molecule has 0 radical (unpaired) electrons. The van der Waals surface area contributed by atoms with E-state index in [4.69, 9.17) is 4.74 Å². The van der Waals surface area contributed by atoms with E-state index in [0.717, 1.165) is 20.5 Å². The molecule has 5 heteroatoms. The monoisotopic (exact) mass is 435 g/mol. The number of carbonyl (C=O) groups excluding carboxylic acids is 1. The summed E-state index contributed by atoms with van der Waals surface area (Å²) in [6.07, 6.45) is 1.75. The van der Waals surface area contributed by atoms with Crippen LogP contribution in [0.15, 0.2) is 60.8 Å². The van der Waals surface area contributed by atoms with Gasteiger partial charge in [0.25, 0.3) is 0 Å². The number of esters is 1. The summed E-state index contributed by atoms with van der Waals surface area (Å²) in [7, 11) is 0. The number of aromatic nitrogens is 1. The summed E-state index contributed by atoms with van der Waals surface area (Å²) in [5, 5.41) is 0. The van der Waals surface area contributed by atoms with E-state index in [0.29, 0.717) is 12.2 Å². The summed E-state index contributed by atoms with van der Waals surface area (Å²) in [4.78, 5) is 12.1. The van der Waals surface area contributed by atoms with Crippen molar-refractivity contribution in [3.05, 3.63) is 75.7 Å². The van der Waals surface area contributed by atoms with Gasteiger partial charge in [-0.05, 0) is 89.7 Å². The quantitative estimate of drug-likeness (QED) is 0.424. The van der Waals surface area contributed by atoms with Crippen molar-refractivity contribution < 1.29 is 13.9 Å². The number of rotatable bonds is 4. The first-order chi connectivity index (χ1) is 11.6. The molecule has 122 valence electrons. The molecule has 0 saturated heterocycles. The molecule has 0 spiro atoms. The molecule has 1 heterocycles. The number of hydrogen-bond donors (Lipinski definition) is 0. The second kappa shape index (κ2) is 7.17. The van der Waals surface area contributed by atoms with E-state index in [-0.39, 0.29) is 11.8 Å². The summed E-state index contributed by atoms with van der Waals surface area (Å²) in [5.41, 5.74) is 3.02. The molecule has 0 fully saturated rings. The van der Waals surface area contributed by atoms with Crippen LogP contribution in [-0.2, 0) is 4.74 Å². The van der Waals surface area contributed by atoms with Crippen LogP contribution in [0.2, 0.25) is 0 Å². The molecule has 0 bridgehead atoms. The molecule has 0 aliphatic carbocycles. The first-order valence-corrected chi connectivity index (χ1v) is 8.57. The van der Waals surface area contributed by atoms with Gasteiger partial charge in [-0.3, -0.25) is 0 Å². The lowest BCUT2D eigenvalue weighted by Gasteiger charge is -2.09. The van der Waals surface area contributed by atoms with Gasteiger partial charge in [-0.15, -0.1) is 0 Å². The summed E-state index contributed by atoms with van der Waals surface area (Å²) in [5.74, 6) is -0.665. The van der Waals surface area contributed by atoms with Crippen molar-refractivity contribution in [1.82, 2.24) is 4.57 Å². The Bertz CT molecular complexity index is 791. The van der Waals surface area contributed by atoms with Crippen LogP contribution in [-0.4, -0.2) is 17.1 Å². The molecule has 0 unspecified atom stereocenters. The van der Waals surface area contributed by atoms with E-state index in [1.807, 2.05) is 28.8 Å². The fraction of sp³-hybridized carbons (Fsp3) is 0.105. The van der Waals surface area contributed by atoms with Crippen LogP contribution in [0.1, 0.15) is 17.3 Å². The number of nitrogens with zero attached hydrogens (tertiary/aromatic N) is 1. The maximum Gasteiger partial charge on any atom is 0.339 e. The van der Waals surface area contributed by atoms with Gasteiger partial charge in [-0.25, -0.2) is 9.18 Å². The normalized spacial score (nSPS) is 10.6. The van der Waals surface area contributed by atoms with E-state index < -0.39 is 0 Å². The van der Waals surface area contributed by atoms with Crippen LogP contribution < -0.4 is 0 Å². The zero-order valence-electron chi connectivity index (χ0n) is 13.0. The van der Waals surface area contributed by atoms with Gasteiger partial charge in [-0.1, -0.05) is 0 Å². The van der Waals surface area contributed by atoms with E-state index in [9.17, 15) is 9.18 Å². The summed E-state index contributed by atoms with van der Waals surface area (Å²) in [6, 6.07) is 15.9. The average Bonchev–Trinajstić information content (AvgIpc) is 3.02. The maximum atomic E-state index is 13.2. The predicted octanol–water partition coefficient (Wildman–Crippen LogP) is 5.06. The number of hydrogen-bond acceptors (Lipinski definition) is 2. The number of ether oxygens (including phenoxy) is 1. The van der Waals surface area contributed by atoms with Gasteiger partial charge in [0, 0.05) is 15.5 Å². The molecule has 3 nitrogen and oxygen atoms in total. The molecule has 0 aliphatic rings. The van der Waals surface area contributed by atoms with Crippen molar-refractivity contribution in [2.75, 3.05) is 6.61 Å². The third kappa shape index (κ3) is 3.51. The lowest BCUT2D eigenvalue weighted by molar-refractivity contribution is 0.0526. The highest BCUT2D eigenvalue weighted by molar-refractivity contribution is 14.1. The lowest BCUT2D eigenvalue weighted by Crippen LogP contribution is -2.03. The highest BCUT2D eigenvalue weighted by atomic mass is 127. The Morgan fingerprint density at radius 3 is 2.42 bits per heavy atom. The molecule has 0 amide bonds. The second-order valence-corrected chi connectivity index (χ2v) is 6.43. The zero-order chi connectivity index (χ0) is 17.1. The minimum absolute atomic E-state index is 0.295. The molecule has 2 aromatic carbocycles. The largest absolute Gasteiger partial charge is 0.462 e. The van der Waals surface area contributed by atoms with Gasteiger partial charge >= 0.3 is 5.97 Å². The standard InChI is InChI=1S/C19H15FINO2/c1-2-24-19(23)14-11-18(13-3-5-15(20)6-4-13)22(12-14)17-9-7-16(21)8-10-17/h3-12H,2H2,1H3. The van der Waals surface area contributed by atoms with Gasteiger partial charge in [0.2, 0.25) is 0 Å². The van der Waals surface area contributed by atoms with Crippen molar-refractivity contribution >= 4 is 28.6 Å². The number of benzene rings is 2. The lowest BCUT2D eigenvalue weighted by atomic mass is 10.1. The Hall–Kier alpha value is -2.15. The molecule has 1 aromatic heterocycles. The minimum atomic E-state index is -0.370. The molecule has 3 rings (SSSR count). The molecule has 0 atom stereocenters. The van der Waals surface area contributed by atoms with Crippen molar-refractivity contribution in [3.8, 4) is 16.9 Å². The Labute approximate surface area is 153 Å². The first kappa shape index (κ1) is 16.7. The highest BCUT2D eigenvalue weighted by Gasteiger charge is 2.15. The van der Waals surface area contributed by atoms with Crippen LogP contribution in [0.3, 0.4) is 0 Å². The van der Waals surface area contributed by atoms with Gasteiger partial charge in [-0.2, -0.15) is 0 Å².